The molecule has 0 spiro atoms. The highest BCUT2D eigenvalue weighted by Gasteiger charge is 2.35. The number of ether oxygens (including phenoxy) is 1. The molecule has 3 aromatic rings. The number of benzene rings is 2. The maximum Gasteiger partial charge on any atom is 0.227 e. The summed E-state index contributed by atoms with van der Waals surface area (Å²) in [5, 5.41) is 0. The summed E-state index contributed by atoms with van der Waals surface area (Å²) in [6.45, 7) is 6.07. The maximum absolute atomic E-state index is 12.8. The van der Waals surface area contributed by atoms with Crippen LogP contribution in [0.1, 0.15) is 38.4 Å². The number of nitrogens with zero attached hydrogens (tertiary/aromatic N) is 3. The molecule has 2 heterocycles. The molecule has 4 rings (SSSR count). The van der Waals surface area contributed by atoms with Crippen LogP contribution < -0.4 is 9.64 Å². The van der Waals surface area contributed by atoms with Gasteiger partial charge in [0.1, 0.15) is 11.6 Å². The number of rotatable bonds is 6. The van der Waals surface area contributed by atoms with Gasteiger partial charge in [-0.1, -0.05) is 32.4 Å². The van der Waals surface area contributed by atoms with Crippen LogP contribution in [0.4, 0.5) is 5.69 Å². The Labute approximate surface area is 165 Å². The Bertz CT molecular complexity index is 977. The van der Waals surface area contributed by atoms with Gasteiger partial charge in [0.05, 0.1) is 18.1 Å². The van der Waals surface area contributed by atoms with Crippen molar-refractivity contribution in [1.82, 2.24) is 9.55 Å². The van der Waals surface area contributed by atoms with Gasteiger partial charge in [-0.15, -0.1) is 0 Å². The van der Waals surface area contributed by atoms with Crippen molar-refractivity contribution >= 4 is 22.6 Å². The quantitative estimate of drug-likeness (QED) is 0.630. The van der Waals surface area contributed by atoms with Crippen LogP contribution in [0.5, 0.6) is 5.75 Å². The fourth-order valence-corrected chi connectivity index (χ4v) is 3.93. The molecule has 1 aliphatic heterocycles. The molecule has 1 fully saturated rings. The fourth-order valence-electron chi connectivity index (χ4n) is 3.93. The zero-order valence-electron chi connectivity index (χ0n) is 16.8. The Hall–Kier alpha value is -2.82. The monoisotopic (exact) mass is 377 g/mol. The fraction of sp³-hybridized carbons (Fsp3) is 0.391. The Balaban J connectivity index is 1.66. The molecule has 1 aromatic heterocycles. The molecule has 0 saturated carbocycles. The van der Waals surface area contributed by atoms with Crippen LogP contribution >= 0.6 is 0 Å². The first-order valence-electron chi connectivity index (χ1n) is 10.00. The average Bonchev–Trinajstić information content (AvgIpc) is 3.28. The lowest BCUT2D eigenvalue weighted by Crippen LogP contribution is -2.24. The van der Waals surface area contributed by atoms with Crippen LogP contribution in [-0.2, 0) is 11.3 Å². The first kappa shape index (κ1) is 18.5. The van der Waals surface area contributed by atoms with E-state index in [2.05, 4.69) is 36.6 Å². The summed E-state index contributed by atoms with van der Waals surface area (Å²) in [6, 6.07) is 16.0. The number of methoxy groups -OCH3 is 1. The zero-order chi connectivity index (χ0) is 19.7. The second kappa shape index (κ2) is 7.66. The minimum atomic E-state index is 0.103. The molecule has 5 heteroatoms. The van der Waals surface area contributed by atoms with Crippen LogP contribution in [0, 0.1) is 5.92 Å². The smallest absolute Gasteiger partial charge is 0.227 e. The minimum Gasteiger partial charge on any atom is -0.497 e. The molecule has 2 aromatic carbocycles. The molecule has 2 atom stereocenters. The van der Waals surface area contributed by atoms with Crippen LogP contribution in [0.25, 0.3) is 11.0 Å². The average molecular weight is 377 g/mol. The summed E-state index contributed by atoms with van der Waals surface area (Å²) in [5.41, 5.74) is 3.09. The molecule has 0 N–H and O–H groups in total. The first-order valence-corrected chi connectivity index (χ1v) is 10.00. The third-order valence-electron chi connectivity index (χ3n) is 5.75. The van der Waals surface area contributed by atoms with Gasteiger partial charge in [-0.2, -0.15) is 0 Å². The standard InChI is InChI=1S/C23H27N3O2/c1-4-16(2)14-26-21-8-6-5-7-20(21)24-23(26)17-13-22(27)25(15-17)18-9-11-19(28-3)12-10-18/h5-12,16-17H,4,13-15H2,1-3H3/t16-,17+/m0/s1. The number of amides is 1. The van der Waals surface area contributed by atoms with Gasteiger partial charge in [0.15, 0.2) is 0 Å². The van der Waals surface area contributed by atoms with E-state index >= 15 is 0 Å². The lowest BCUT2D eigenvalue weighted by molar-refractivity contribution is -0.117. The van der Waals surface area contributed by atoms with E-state index in [1.54, 1.807) is 7.11 Å². The Morgan fingerprint density at radius 2 is 1.93 bits per heavy atom. The first-order chi connectivity index (χ1) is 13.6. The number of hydrogen-bond acceptors (Lipinski definition) is 3. The van der Waals surface area contributed by atoms with Crippen molar-refractivity contribution < 1.29 is 9.53 Å². The van der Waals surface area contributed by atoms with E-state index in [-0.39, 0.29) is 11.8 Å². The second-order valence-electron chi connectivity index (χ2n) is 7.69. The number of hydrogen-bond donors (Lipinski definition) is 0. The number of carbonyl (C=O) groups excluding carboxylic acids is 1. The summed E-state index contributed by atoms with van der Waals surface area (Å²) in [4.78, 5) is 19.6. The van der Waals surface area contributed by atoms with E-state index in [0.29, 0.717) is 18.9 Å². The van der Waals surface area contributed by atoms with Crippen molar-refractivity contribution in [2.75, 3.05) is 18.6 Å². The molecule has 1 saturated heterocycles. The van der Waals surface area contributed by atoms with E-state index in [9.17, 15) is 4.79 Å². The van der Waals surface area contributed by atoms with Gasteiger partial charge in [-0.3, -0.25) is 4.79 Å². The SMILES string of the molecule is CC[C@H](C)Cn1c([C@@H]2CC(=O)N(c3ccc(OC)cc3)C2)nc2ccccc21. The van der Waals surface area contributed by atoms with E-state index in [1.807, 2.05) is 35.2 Å². The highest BCUT2D eigenvalue weighted by Crippen LogP contribution is 2.34. The molecule has 0 bridgehead atoms. The van der Waals surface area contributed by atoms with Crippen LogP contribution in [0.2, 0.25) is 0 Å². The largest absolute Gasteiger partial charge is 0.497 e. The van der Waals surface area contributed by atoms with Gasteiger partial charge in [-0.05, 0) is 42.3 Å². The van der Waals surface area contributed by atoms with E-state index in [0.717, 1.165) is 41.3 Å². The molecular weight excluding hydrogens is 350 g/mol. The molecule has 0 unspecified atom stereocenters. The summed E-state index contributed by atoms with van der Waals surface area (Å²) < 4.78 is 7.56. The van der Waals surface area contributed by atoms with Crippen LogP contribution in [0.15, 0.2) is 48.5 Å². The molecule has 1 amide bonds. The van der Waals surface area contributed by atoms with E-state index < -0.39 is 0 Å². The molecular formula is C23H27N3O2. The molecule has 0 aliphatic carbocycles. The summed E-state index contributed by atoms with van der Waals surface area (Å²) in [7, 11) is 1.65. The number of aromatic nitrogens is 2. The minimum absolute atomic E-state index is 0.103. The predicted octanol–water partition coefficient (Wildman–Crippen LogP) is 4.61. The molecule has 1 aliphatic rings. The van der Waals surface area contributed by atoms with Gasteiger partial charge >= 0.3 is 0 Å². The molecule has 146 valence electrons. The molecule has 28 heavy (non-hydrogen) atoms. The van der Waals surface area contributed by atoms with Crippen LogP contribution in [-0.4, -0.2) is 29.1 Å². The maximum atomic E-state index is 12.8. The van der Waals surface area contributed by atoms with Crippen molar-refractivity contribution in [3.05, 3.63) is 54.4 Å². The molecule has 5 nitrogen and oxygen atoms in total. The van der Waals surface area contributed by atoms with Gasteiger partial charge in [0.25, 0.3) is 0 Å². The van der Waals surface area contributed by atoms with Crippen molar-refractivity contribution in [3.63, 3.8) is 0 Å². The summed E-state index contributed by atoms with van der Waals surface area (Å²) in [5.74, 6) is 2.64. The third-order valence-corrected chi connectivity index (χ3v) is 5.75. The molecule has 0 radical (unpaired) electrons. The van der Waals surface area contributed by atoms with Crippen molar-refractivity contribution in [3.8, 4) is 5.75 Å². The van der Waals surface area contributed by atoms with Gasteiger partial charge in [-0.25, -0.2) is 4.98 Å². The van der Waals surface area contributed by atoms with Gasteiger partial charge in [0, 0.05) is 31.1 Å². The van der Waals surface area contributed by atoms with Crippen molar-refractivity contribution in [2.45, 2.75) is 39.2 Å². The van der Waals surface area contributed by atoms with Gasteiger partial charge < -0.3 is 14.2 Å². The number of carbonyl (C=O) groups is 1. The number of anilines is 1. The highest BCUT2D eigenvalue weighted by molar-refractivity contribution is 5.96. The lowest BCUT2D eigenvalue weighted by atomic mass is 10.1. The summed E-state index contributed by atoms with van der Waals surface area (Å²) in [6.07, 6.45) is 1.61. The van der Waals surface area contributed by atoms with Crippen LogP contribution in [0.3, 0.4) is 0 Å². The summed E-state index contributed by atoms with van der Waals surface area (Å²) >= 11 is 0. The number of imidazole rings is 1. The Kier molecular flexibility index (Phi) is 5.07. The zero-order valence-corrected chi connectivity index (χ0v) is 16.8. The third kappa shape index (κ3) is 3.37. The predicted molar refractivity (Wildman–Crippen MR) is 112 cm³/mol. The topological polar surface area (TPSA) is 47.4 Å². The van der Waals surface area contributed by atoms with E-state index in [1.165, 1.54) is 0 Å². The van der Waals surface area contributed by atoms with Crippen molar-refractivity contribution in [1.29, 1.82) is 0 Å². The number of fused-ring (bicyclic) bond motifs is 1. The Morgan fingerprint density at radius 3 is 2.64 bits per heavy atom. The normalized spacial score (nSPS) is 18.0. The van der Waals surface area contributed by atoms with Gasteiger partial charge in [0.2, 0.25) is 5.91 Å². The van der Waals surface area contributed by atoms with Crippen molar-refractivity contribution in [2.24, 2.45) is 5.92 Å². The highest BCUT2D eigenvalue weighted by atomic mass is 16.5. The second-order valence-corrected chi connectivity index (χ2v) is 7.69. The number of para-hydroxylation sites is 2. The van der Waals surface area contributed by atoms with E-state index in [4.69, 9.17) is 9.72 Å². The lowest BCUT2D eigenvalue weighted by Gasteiger charge is -2.19. The Morgan fingerprint density at radius 1 is 1.18 bits per heavy atom.